The van der Waals surface area contributed by atoms with Gasteiger partial charge in [0.2, 0.25) is 15.7 Å². The summed E-state index contributed by atoms with van der Waals surface area (Å²) in [5.74, 6) is -0.981. The minimum absolute atomic E-state index is 0.0469. The van der Waals surface area contributed by atoms with Crippen LogP contribution in [0, 0.1) is 16.0 Å². The SMILES string of the molecule is NC(=O)c1ccc(S(=O)(=O)c2ccc(OCC3CCOC(F)C3)c([N+](=O)[O-])c2)cc1. The highest BCUT2D eigenvalue weighted by Gasteiger charge is 2.26. The van der Waals surface area contributed by atoms with Gasteiger partial charge in [-0.3, -0.25) is 14.9 Å². The largest absolute Gasteiger partial charge is 0.487 e. The number of nitrogens with zero attached hydrogens (tertiary/aromatic N) is 1. The number of ether oxygens (including phenoxy) is 2. The molecule has 30 heavy (non-hydrogen) atoms. The number of nitrogens with two attached hydrogens (primary N) is 1. The van der Waals surface area contributed by atoms with E-state index in [4.69, 9.17) is 15.2 Å². The van der Waals surface area contributed by atoms with Crippen molar-refractivity contribution >= 4 is 21.4 Å². The third-order valence-electron chi connectivity index (χ3n) is 4.70. The number of nitro groups is 1. The molecule has 1 heterocycles. The maximum atomic E-state index is 13.3. The highest BCUT2D eigenvalue weighted by molar-refractivity contribution is 7.91. The molecule has 0 aliphatic carbocycles. The maximum Gasteiger partial charge on any atom is 0.312 e. The average Bonchev–Trinajstić information content (AvgIpc) is 2.72. The zero-order chi connectivity index (χ0) is 21.9. The molecule has 2 atom stereocenters. The first-order chi connectivity index (χ1) is 14.2. The predicted octanol–water partition coefficient (Wildman–Crippen LogP) is 2.63. The second-order valence-electron chi connectivity index (χ2n) is 6.76. The van der Waals surface area contributed by atoms with E-state index >= 15 is 0 Å². The molecule has 0 spiro atoms. The monoisotopic (exact) mass is 438 g/mol. The van der Waals surface area contributed by atoms with Crippen LogP contribution in [0.25, 0.3) is 0 Å². The molecule has 3 rings (SSSR count). The Labute approximate surface area is 171 Å². The van der Waals surface area contributed by atoms with Gasteiger partial charge in [0.05, 0.1) is 27.9 Å². The van der Waals surface area contributed by atoms with Crippen molar-refractivity contribution in [3.05, 3.63) is 58.1 Å². The Hall–Kier alpha value is -3.05. The molecule has 1 aliphatic rings. The van der Waals surface area contributed by atoms with E-state index in [1.54, 1.807) is 0 Å². The summed E-state index contributed by atoms with van der Waals surface area (Å²) in [7, 11) is -4.08. The van der Waals surface area contributed by atoms with Gasteiger partial charge in [-0.05, 0) is 42.8 Å². The molecule has 160 valence electrons. The van der Waals surface area contributed by atoms with Crippen LogP contribution in [-0.2, 0) is 14.6 Å². The number of alkyl halides is 1. The number of rotatable bonds is 7. The predicted molar refractivity (Wildman–Crippen MR) is 103 cm³/mol. The molecule has 0 saturated carbocycles. The lowest BCUT2D eigenvalue weighted by molar-refractivity contribution is -0.386. The molecule has 0 radical (unpaired) electrons. The van der Waals surface area contributed by atoms with Crippen LogP contribution in [-0.4, -0.2) is 38.8 Å². The lowest BCUT2D eigenvalue weighted by atomic mass is 10.0. The zero-order valence-electron chi connectivity index (χ0n) is 15.7. The molecule has 1 amide bonds. The third kappa shape index (κ3) is 4.74. The van der Waals surface area contributed by atoms with Crippen LogP contribution in [0.2, 0.25) is 0 Å². The van der Waals surface area contributed by atoms with E-state index in [9.17, 15) is 27.7 Å². The fraction of sp³-hybridized carbons (Fsp3) is 0.316. The average molecular weight is 438 g/mol. The first kappa shape index (κ1) is 21.7. The summed E-state index contributed by atoms with van der Waals surface area (Å²) in [6, 6.07) is 8.22. The molecule has 0 aromatic heterocycles. The second kappa shape index (κ2) is 8.76. The Bertz CT molecular complexity index is 1060. The lowest BCUT2D eigenvalue weighted by Crippen LogP contribution is -2.26. The van der Waals surface area contributed by atoms with Gasteiger partial charge in [0.15, 0.2) is 12.1 Å². The molecule has 2 unspecified atom stereocenters. The molecule has 2 aromatic carbocycles. The molecule has 9 nitrogen and oxygen atoms in total. The van der Waals surface area contributed by atoms with Gasteiger partial charge in [-0.25, -0.2) is 12.8 Å². The van der Waals surface area contributed by atoms with E-state index in [0.717, 1.165) is 6.07 Å². The van der Waals surface area contributed by atoms with Crippen molar-refractivity contribution < 1.29 is 32.0 Å². The maximum absolute atomic E-state index is 13.3. The molecule has 1 fully saturated rings. The minimum Gasteiger partial charge on any atom is -0.487 e. The first-order valence-electron chi connectivity index (χ1n) is 9.00. The summed E-state index contributed by atoms with van der Waals surface area (Å²) in [5.41, 5.74) is 4.75. The Kier molecular flexibility index (Phi) is 6.32. The number of sulfone groups is 1. The highest BCUT2D eigenvalue weighted by atomic mass is 32.2. The van der Waals surface area contributed by atoms with E-state index in [1.165, 1.54) is 36.4 Å². The number of halogens is 1. The van der Waals surface area contributed by atoms with Crippen LogP contribution < -0.4 is 10.5 Å². The summed E-state index contributed by atoms with van der Waals surface area (Å²) >= 11 is 0. The van der Waals surface area contributed by atoms with Gasteiger partial charge in [0.25, 0.3) is 0 Å². The van der Waals surface area contributed by atoms with E-state index in [2.05, 4.69) is 0 Å². The number of hydrogen-bond acceptors (Lipinski definition) is 7. The topological polar surface area (TPSA) is 139 Å². The number of hydrogen-bond donors (Lipinski definition) is 1. The summed E-state index contributed by atoms with van der Waals surface area (Å²) in [4.78, 5) is 21.4. The fourth-order valence-electron chi connectivity index (χ4n) is 3.03. The first-order valence-corrected chi connectivity index (χ1v) is 10.5. The number of benzene rings is 2. The van der Waals surface area contributed by atoms with Gasteiger partial charge >= 0.3 is 5.69 Å². The molecular weight excluding hydrogens is 419 g/mol. The number of carbonyl (C=O) groups is 1. The Morgan fingerprint density at radius 1 is 1.23 bits per heavy atom. The highest BCUT2D eigenvalue weighted by Crippen LogP contribution is 2.33. The van der Waals surface area contributed by atoms with Crippen LogP contribution in [0.15, 0.2) is 52.3 Å². The van der Waals surface area contributed by atoms with Gasteiger partial charge in [-0.1, -0.05) is 0 Å². The summed E-state index contributed by atoms with van der Waals surface area (Å²) in [5, 5.41) is 11.5. The van der Waals surface area contributed by atoms with E-state index < -0.39 is 32.7 Å². The van der Waals surface area contributed by atoms with Crippen molar-refractivity contribution in [2.75, 3.05) is 13.2 Å². The Morgan fingerprint density at radius 3 is 2.50 bits per heavy atom. The van der Waals surface area contributed by atoms with Crippen LogP contribution >= 0.6 is 0 Å². The van der Waals surface area contributed by atoms with Gasteiger partial charge in [0, 0.05) is 24.0 Å². The number of nitro benzene ring substituents is 1. The summed E-state index contributed by atoms with van der Waals surface area (Å²) in [6.07, 6.45) is -0.709. The molecular formula is C19H19FN2O7S. The molecule has 2 N–H and O–H groups in total. The number of amides is 1. The van der Waals surface area contributed by atoms with Crippen LogP contribution in [0.3, 0.4) is 0 Å². The van der Waals surface area contributed by atoms with Crippen LogP contribution in [0.5, 0.6) is 5.75 Å². The van der Waals surface area contributed by atoms with Crippen molar-refractivity contribution in [2.24, 2.45) is 11.7 Å². The van der Waals surface area contributed by atoms with E-state index in [-0.39, 0.29) is 46.7 Å². The van der Waals surface area contributed by atoms with Crippen LogP contribution in [0.4, 0.5) is 10.1 Å². The minimum atomic E-state index is -4.08. The van der Waals surface area contributed by atoms with Crippen molar-refractivity contribution in [2.45, 2.75) is 29.0 Å². The van der Waals surface area contributed by atoms with Crippen molar-refractivity contribution in [1.29, 1.82) is 0 Å². The van der Waals surface area contributed by atoms with Gasteiger partial charge in [-0.15, -0.1) is 0 Å². The van der Waals surface area contributed by atoms with Crippen LogP contribution in [0.1, 0.15) is 23.2 Å². The molecule has 2 aromatic rings. The fourth-order valence-corrected chi connectivity index (χ4v) is 4.31. The molecule has 0 bridgehead atoms. The van der Waals surface area contributed by atoms with E-state index in [1.807, 2.05) is 0 Å². The Morgan fingerprint density at radius 2 is 1.90 bits per heavy atom. The molecule has 11 heteroatoms. The van der Waals surface area contributed by atoms with Crippen molar-refractivity contribution in [3.63, 3.8) is 0 Å². The van der Waals surface area contributed by atoms with Crippen molar-refractivity contribution in [3.8, 4) is 5.75 Å². The van der Waals surface area contributed by atoms with Crippen molar-refractivity contribution in [1.82, 2.24) is 0 Å². The third-order valence-corrected chi connectivity index (χ3v) is 6.47. The second-order valence-corrected chi connectivity index (χ2v) is 8.71. The normalized spacial score (nSPS) is 19.2. The smallest absolute Gasteiger partial charge is 0.312 e. The number of carbonyl (C=O) groups excluding carboxylic acids is 1. The summed E-state index contributed by atoms with van der Waals surface area (Å²) < 4.78 is 49.2. The molecule has 1 aliphatic heterocycles. The van der Waals surface area contributed by atoms with Gasteiger partial charge in [0.1, 0.15) is 0 Å². The Balaban J connectivity index is 1.84. The standard InChI is InChI=1S/C19H19FN2O7S/c20-18-9-12(7-8-28-18)11-29-17-6-5-15(10-16(17)22(24)25)30(26,27)14-3-1-13(2-4-14)19(21)23/h1-6,10,12,18H,7-9,11H2,(H2,21,23). The quantitative estimate of drug-likeness (QED) is 0.518. The number of primary amides is 1. The summed E-state index contributed by atoms with van der Waals surface area (Å²) in [6.45, 7) is 0.286. The zero-order valence-corrected chi connectivity index (χ0v) is 16.5. The van der Waals surface area contributed by atoms with Gasteiger partial charge in [-0.2, -0.15) is 0 Å². The van der Waals surface area contributed by atoms with E-state index in [0.29, 0.717) is 6.42 Å². The molecule has 1 saturated heterocycles. The lowest BCUT2D eigenvalue weighted by Gasteiger charge is -2.24. The van der Waals surface area contributed by atoms with Gasteiger partial charge < -0.3 is 15.2 Å².